The van der Waals surface area contributed by atoms with Crippen LogP contribution in [0.15, 0.2) is 29.3 Å². The largest absolute Gasteiger partial charge is 0.379 e. The minimum Gasteiger partial charge on any atom is -0.379 e. The molecule has 2 aliphatic heterocycles. The molecule has 1 unspecified atom stereocenters. The van der Waals surface area contributed by atoms with Gasteiger partial charge in [-0.2, -0.15) is 0 Å². The Morgan fingerprint density at radius 3 is 2.81 bits per heavy atom. The van der Waals surface area contributed by atoms with Gasteiger partial charge >= 0.3 is 0 Å². The Morgan fingerprint density at radius 1 is 1.30 bits per heavy atom. The van der Waals surface area contributed by atoms with Gasteiger partial charge in [-0.1, -0.05) is 12.1 Å². The van der Waals surface area contributed by atoms with Gasteiger partial charge < -0.3 is 19.9 Å². The number of aryl methyl sites for hydroxylation is 1. The number of likely N-dealkylation sites (N-methyl/N-ethyl adjacent to an activating group) is 1. The number of benzene rings is 1. The monoisotopic (exact) mass is 373 g/mol. The molecule has 27 heavy (non-hydrogen) atoms. The number of hydrogen-bond acceptors (Lipinski definition) is 4. The summed E-state index contributed by atoms with van der Waals surface area (Å²) in [6.45, 7) is 13.2. The second kappa shape index (κ2) is 9.95. The number of ether oxygens (including phenoxy) is 1. The fourth-order valence-corrected chi connectivity index (χ4v) is 4.10. The maximum atomic E-state index is 5.49. The van der Waals surface area contributed by atoms with Crippen LogP contribution in [-0.2, 0) is 4.74 Å². The van der Waals surface area contributed by atoms with Crippen LogP contribution in [0.5, 0.6) is 0 Å². The zero-order valence-electron chi connectivity index (χ0n) is 17.2. The minimum absolute atomic E-state index is 0.631. The van der Waals surface area contributed by atoms with Gasteiger partial charge in [0.15, 0.2) is 5.96 Å². The van der Waals surface area contributed by atoms with Crippen molar-refractivity contribution in [3.63, 3.8) is 0 Å². The Hall–Kier alpha value is -1.79. The van der Waals surface area contributed by atoms with Crippen molar-refractivity contribution in [1.29, 1.82) is 0 Å². The summed E-state index contributed by atoms with van der Waals surface area (Å²) in [5.41, 5.74) is 2.60. The standard InChI is InChI=1S/C21H35N5O/c1-4-24(19-7-5-6-18(2)16-19)11-9-23-21(22-3)26-10-8-20(17-26)25-12-14-27-15-13-25/h5-7,16,20H,4,8-15,17H2,1-3H3,(H,22,23). The highest BCUT2D eigenvalue weighted by Gasteiger charge is 2.30. The van der Waals surface area contributed by atoms with Crippen molar-refractivity contribution < 1.29 is 4.74 Å². The molecule has 2 saturated heterocycles. The van der Waals surface area contributed by atoms with Crippen molar-refractivity contribution in [2.75, 3.05) is 71.0 Å². The Bertz CT molecular complexity index is 614. The summed E-state index contributed by atoms with van der Waals surface area (Å²) < 4.78 is 5.49. The van der Waals surface area contributed by atoms with Crippen molar-refractivity contribution in [2.45, 2.75) is 26.3 Å². The van der Waals surface area contributed by atoms with E-state index in [-0.39, 0.29) is 0 Å². The zero-order valence-corrected chi connectivity index (χ0v) is 17.2. The molecule has 1 atom stereocenters. The molecule has 0 saturated carbocycles. The molecule has 0 bridgehead atoms. The van der Waals surface area contributed by atoms with Gasteiger partial charge in [0, 0.05) is 64.6 Å². The fraction of sp³-hybridized carbons (Fsp3) is 0.667. The number of anilines is 1. The fourth-order valence-electron chi connectivity index (χ4n) is 4.10. The zero-order chi connectivity index (χ0) is 19.1. The minimum atomic E-state index is 0.631. The lowest BCUT2D eigenvalue weighted by molar-refractivity contribution is 0.0195. The molecule has 6 heteroatoms. The molecule has 3 rings (SSSR count). The van der Waals surface area contributed by atoms with Crippen molar-refractivity contribution in [1.82, 2.24) is 15.1 Å². The molecular weight excluding hydrogens is 338 g/mol. The molecule has 150 valence electrons. The number of rotatable bonds is 6. The second-order valence-corrected chi connectivity index (χ2v) is 7.43. The van der Waals surface area contributed by atoms with Crippen molar-refractivity contribution in [3.8, 4) is 0 Å². The molecule has 0 spiro atoms. The third-order valence-corrected chi connectivity index (χ3v) is 5.65. The van der Waals surface area contributed by atoms with E-state index in [9.17, 15) is 0 Å². The summed E-state index contributed by atoms with van der Waals surface area (Å²) in [7, 11) is 1.89. The normalized spacial score (nSPS) is 21.5. The molecular formula is C21H35N5O. The van der Waals surface area contributed by atoms with Crippen LogP contribution in [0.3, 0.4) is 0 Å². The number of guanidine groups is 1. The van der Waals surface area contributed by atoms with Crippen LogP contribution in [0.4, 0.5) is 5.69 Å². The van der Waals surface area contributed by atoms with Crippen LogP contribution in [0.1, 0.15) is 18.9 Å². The van der Waals surface area contributed by atoms with Crippen LogP contribution in [0.25, 0.3) is 0 Å². The van der Waals surface area contributed by atoms with E-state index >= 15 is 0 Å². The summed E-state index contributed by atoms with van der Waals surface area (Å²) >= 11 is 0. The topological polar surface area (TPSA) is 43.3 Å². The van der Waals surface area contributed by atoms with E-state index in [0.717, 1.165) is 65.0 Å². The number of likely N-dealkylation sites (tertiary alicyclic amines) is 1. The van der Waals surface area contributed by atoms with Gasteiger partial charge in [0.25, 0.3) is 0 Å². The third kappa shape index (κ3) is 5.36. The molecule has 0 radical (unpaired) electrons. The maximum Gasteiger partial charge on any atom is 0.193 e. The van der Waals surface area contributed by atoms with Gasteiger partial charge in [0.1, 0.15) is 0 Å². The van der Waals surface area contributed by atoms with E-state index in [0.29, 0.717) is 6.04 Å². The van der Waals surface area contributed by atoms with Crippen LogP contribution in [0.2, 0.25) is 0 Å². The lowest BCUT2D eigenvalue weighted by Gasteiger charge is -2.32. The average Bonchev–Trinajstić information content (AvgIpc) is 3.19. The predicted molar refractivity (Wildman–Crippen MR) is 113 cm³/mol. The number of nitrogens with one attached hydrogen (secondary N) is 1. The SMILES string of the molecule is CCN(CCNC(=NC)N1CCC(N2CCOCC2)C1)c1cccc(C)c1. The Balaban J connectivity index is 1.47. The smallest absolute Gasteiger partial charge is 0.193 e. The molecule has 2 aliphatic rings. The molecule has 0 aromatic heterocycles. The van der Waals surface area contributed by atoms with Crippen molar-refractivity contribution in [3.05, 3.63) is 29.8 Å². The first-order valence-electron chi connectivity index (χ1n) is 10.3. The summed E-state index contributed by atoms with van der Waals surface area (Å²) in [6.07, 6.45) is 1.21. The highest BCUT2D eigenvalue weighted by molar-refractivity contribution is 5.80. The van der Waals surface area contributed by atoms with E-state index in [1.165, 1.54) is 17.7 Å². The van der Waals surface area contributed by atoms with Gasteiger partial charge in [0.05, 0.1) is 13.2 Å². The summed E-state index contributed by atoms with van der Waals surface area (Å²) in [6, 6.07) is 9.36. The van der Waals surface area contributed by atoms with Crippen molar-refractivity contribution in [2.24, 2.45) is 4.99 Å². The molecule has 1 N–H and O–H groups in total. The van der Waals surface area contributed by atoms with E-state index in [2.05, 4.69) is 63.1 Å². The van der Waals surface area contributed by atoms with E-state index in [4.69, 9.17) is 4.74 Å². The number of hydrogen-bond donors (Lipinski definition) is 1. The highest BCUT2D eigenvalue weighted by atomic mass is 16.5. The molecule has 1 aromatic carbocycles. The Kier molecular flexibility index (Phi) is 7.35. The second-order valence-electron chi connectivity index (χ2n) is 7.43. The van der Waals surface area contributed by atoms with Crippen LogP contribution < -0.4 is 10.2 Å². The lowest BCUT2D eigenvalue weighted by atomic mass is 10.2. The predicted octanol–water partition coefficient (Wildman–Crippen LogP) is 1.80. The van der Waals surface area contributed by atoms with E-state index in [1.807, 2.05) is 7.05 Å². The summed E-state index contributed by atoms with van der Waals surface area (Å²) in [5.74, 6) is 1.03. The molecule has 6 nitrogen and oxygen atoms in total. The number of nitrogens with zero attached hydrogens (tertiary/aromatic N) is 4. The molecule has 0 aliphatic carbocycles. The first-order valence-corrected chi connectivity index (χ1v) is 10.3. The summed E-state index contributed by atoms with van der Waals surface area (Å²) in [5, 5.41) is 3.58. The third-order valence-electron chi connectivity index (χ3n) is 5.65. The molecule has 2 heterocycles. The van der Waals surface area contributed by atoms with Gasteiger partial charge in [-0.3, -0.25) is 9.89 Å². The van der Waals surface area contributed by atoms with Gasteiger partial charge in [-0.05, 0) is 38.0 Å². The molecule has 2 fully saturated rings. The van der Waals surface area contributed by atoms with Crippen LogP contribution in [-0.4, -0.2) is 87.9 Å². The Labute approximate surface area is 164 Å². The van der Waals surface area contributed by atoms with Crippen LogP contribution >= 0.6 is 0 Å². The first-order chi connectivity index (χ1) is 13.2. The van der Waals surface area contributed by atoms with Gasteiger partial charge in [-0.15, -0.1) is 0 Å². The van der Waals surface area contributed by atoms with Crippen molar-refractivity contribution >= 4 is 11.6 Å². The highest BCUT2D eigenvalue weighted by Crippen LogP contribution is 2.17. The summed E-state index contributed by atoms with van der Waals surface area (Å²) in [4.78, 5) is 11.9. The maximum absolute atomic E-state index is 5.49. The number of morpholine rings is 1. The van der Waals surface area contributed by atoms with Crippen LogP contribution in [0, 0.1) is 6.92 Å². The molecule has 0 amide bonds. The Morgan fingerprint density at radius 2 is 2.11 bits per heavy atom. The first kappa shape index (κ1) is 20.0. The van der Waals surface area contributed by atoms with Gasteiger partial charge in [0.2, 0.25) is 0 Å². The van der Waals surface area contributed by atoms with E-state index in [1.54, 1.807) is 0 Å². The average molecular weight is 374 g/mol. The van der Waals surface area contributed by atoms with Gasteiger partial charge in [-0.25, -0.2) is 0 Å². The quantitative estimate of drug-likeness (QED) is 0.608. The lowest BCUT2D eigenvalue weighted by Crippen LogP contribution is -2.47. The molecule has 1 aromatic rings. The number of aliphatic imine (C=N–C) groups is 1. The van der Waals surface area contributed by atoms with E-state index < -0.39 is 0 Å².